The molecule has 6 nitrogen and oxygen atoms in total. The van der Waals surface area contributed by atoms with Crippen LogP contribution in [0.3, 0.4) is 0 Å². The molecule has 0 spiro atoms. The van der Waals surface area contributed by atoms with Crippen LogP contribution in [0.5, 0.6) is 11.5 Å². The highest BCUT2D eigenvalue weighted by molar-refractivity contribution is 6.31. The number of alkyl halides is 3. The molecule has 5 rings (SSSR count). The molecule has 5 aromatic rings. The van der Waals surface area contributed by atoms with E-state index in [1.807, 2.05) is 12.1 Å². The Morgan fingerprint density at radius 2 is 1.50 bits per heavy atom. The highest BCUT2D eigenvalue weighted by Gasteiger charge is 2.33. The second-order valence-corrected chi connectivity index (χ2v) is 9.01. The van der Waals surface area contributed by atoms with Crippen LogP contribution in [0.25, 0.3) is 10.9 Å². The van der Waals surface area contributed by atoms with Gasteiger partial charge in [-0.3, -0.25) is 14.6 Å². The predicted octanol–water partition coefficient (Wildman–Crippen LogP) is 8.20. The van der Waals surface area contributed by atoms with Gasteiger partial charge in [-0.25, -0.2) is 0 Å². The van der Waals surface area contributed by atoms with Crippen LogP contribution in [0.15, 0.2) is 103 Å². The maximum Gasteiger partial charge on any atom is 0.417 e. The number of amides is 2. The summed E-state index contributed by atoms with van der Waals surface area (Å²) in [5, 5.41) is 5.62. The Hall–Kier alpha value is -4.89. The monoisotopic (exact) mass is 561 g/mol. The number of nitrogens with zero attached hydrogens (tertiary/aromatic N) is 1. The van der Waals surface area contributed by atoms with Crippen LogP contribution >= 0.6 is 11.6 Å². The van der Waals surface area contributed by atoms with E-state index in [4.69, 9.17) is 16.3 Å². The Labute approximate surface area is 231 Å². The molecular formula is C30H19ClF3N3O3. The van der Waals surface area contributed by atoms with Crippen molar-refractivity contribution in [1.29, 1.82) is 0 Å². The van der Waals surface area contributed by atoms with Crippen molar-refractivity contribution in [3.8, 4) is 11.5 Å². The second-order valence-electron chi connectivity index (χ2n) is 8.60. The van der Waals surface area contributed by atoms with Crippen molar-refractivity contribution >= 4 is 45.7 Å². The number of benzene rings is 4. The van der Waals surface area contributed by atoms with Gasteiger partial charge in [0.25, 0.3) is 11.8 Å². The summed E-state index contributed by atoms with van der Waals surface area (Å²) >= 11 is 5.63. The quantitative estimate of drug-likeness (QED) is 0.219. The molecule has 0 unspecified atom stereocenters. The first-order valence-electron chi connectivity index (χ1n) is 11.9. The van der Waals surface area contributed by atoms with E-state index in [1.165, 1.54) is 6.07 Å². The zero-order valence-corrected chi connectivity index (χ0v) is 21.3. The summed E-state index contributed by atoms with van der Waals surface area (Å²) in [6.07, 6.45) is -3.12. The molecule has 0 radical (unpaired) electrons. The molecule has 0 saturated heterocycles. The lowest BCUT2D eigenvalue weighted by Gasteiger charge is -2.13. The molecule has 200 valence electrons. The third-order valence-electron chi connectivity index (χ3n) is 5.89. The molecule has 0 aliphatic rings. The van der Waals surface area contributed by atoms with Gasteiger partial charge in [0, 0.05) is 28.4 Å². The predicted molar refractivity (Wildman–Crippen MR) is 147 cm³/mol. The van der Waals surface area contributed by atoms with Gasteiger partial charge >= 0.3 is 6.18 Å². The van der Waals surface area contributed by atoms with E-state index in [0.717, 1.165) is 6.07 Å². The van der Waals surface area contributed by atoms with Crippen molar-refractivity contribution in [3.63, 3.8) is 0 Å². The first-order chi connectivity index (χ1) is 19.2. The topological polar surface area (TPSA) is 80.3 Å². The SMILES string of the molecule is O=C(Nc1ccc(Oc2ccnc3c(NC(=O)c4ccccc4)cccc23)cc1)c1ccc(Cl)c(C(F)(F)F)c1. The molecule has 0 fully saturated rings. The van der Waals surface area contributed by atoms with Crippen LogP contribution < -0.4 is 15.4 Å². The molecule has 10 heteroatoms. The third kappa shape index (κ3) is 5.89. The zero-order chi connectivity index (χ0) is 28.3. The highest BCUT2D eigenvalue weighted by atomic mass is 35.5. The standard InChI is InChI=1S/C30H19ClF3N3O3/c31-24-14-9-19(17-23(24)30(32,33)34)29(39)36-20-10-12-21(13-11-20)40-26-15-16-35-27-22(26)7-4-8-25(27)37-28(38)18-5-2-1-3-6-18/h1-17H,(H,36,39)(H,37,38). The van der Waals surface area contributed by atoms with E-state index in [-0.39, 0.29) is 11.5 Å². The Kier molecular flexibility index (Phi) is 7.39. The summed E-state index contributed by atoms with van der Waals surface area (Å²) in [7, 11) is 0. The number of hydrogen-bond donors (Lipinski definition) is 2. The summed E-state index contributed by atoms with van der Waals surface area (Å²) in [5.74, 6) is -0.0679. The van der Waals surface area contributed by atoms with Gasteiger partial charge < -0.3 is 15.4 Å². The molecule has 0 atom stereocenters. The maximum atomic E-state index is 13.1. The number of fused-ring (bicyclic) bond motifs is 1. The Morgan fingerprint density at radius 3 is 2.23 bits per heavy atom. The highest BCUT2D eigenvalue weighted by Crippen LogP contribution is 2.36. The number of carbonyl (C=O) groups excluding carboxylic acids is 2. The minimum Gasteiger partial charge on any atom is -0.457 e. The summed E-state index contributed by atoms with van der Waals surface area (Å²) in [4.78, 5) is 29.6. The van der Waals surface area contributed by atoms with Gasteiger partial charge in [0.05, 0.1) is 21.8 Å². The number of rotatable bonds is 6. The first kappa shape index (κ1) is 26.7. The summed E-state index contributed by atoms with van der Waals surface area (Å²) in [5.41, 5.74) is 0.649. The van der Waals surface area contributed by atoms with Crippen molar-refractivity contribution in [3.05, 3.63) is 125 Å². The lowest BCUT2D eigenvalue weighted by Crippen LogP contribution is -2.14. The smallest absolute Gasteiger partial charge is 0.417 e. The first-order valence-corrected chi connectivity index (χ1v) is 12.3. The fraction of sp³-hybridized carbons (Fsp3) is 0.0333. The van der Waals surface area contributed by atoms with Crippen LogP contribution in [-0.4, -0.2) is 16.8 Å². The Morgan fingerprint density at radius 1 is 0.775 bits per heavy atom. The van der Waals surface area contributed by atoms with Crippen molar-refractivity contribution < 1.29 is 27.5 Å². The molecular weight excluding hydrogens is 543 g/mol. The van der Waals surface area contributed by atoms with Gasteiger partial charge in [0.15, 0.2) is 0 Å². The number of anilines is 2. The zero-order valence-electron chi connectivity index (χ0n) is 20.5. The number of halogens is 4. The number of ether oxygens (including phenoxy) is 1. The van der Waals surface area contributed by atoms with E-state index in [2.05, 4.69) is 15.6 Å². The molecule has 0 aliphatic carbocycles. The van der Waals surface area contributed by atoms with Crippen LogP contribution in [0.2, 0.25) is 5.02 Å². The summed E-state index contributed by atoms with van der Waals surface area (Å²) in [6.45, 7) is 0. The molecule has 0 aliphatic heterocycles. The van der Waals surface area contributed by atoms with Crippen LogP contribution in [0.1, 0.15) is 26.3 Å². The maximum absolute atomic E-state index is 13.1. The van der Waals surface area contributed by atoms with Gasteiger partial charge in [0.2, 0.25) is 0 Å². The van der Waals surface area contributed by atoms with Crippen molar-refractivity contribution in [1.82, 2.24) is 4.98 Å². The van der Waals surface area contributed by atoms with E-state index < -0.39 is 22.7 Å². The van der Waals surface area contributed by atoms with Gasteiger partial charge in [0.1, 0.15) is 11.5 Å². The fourth-order valence-electron chi connectivity index (χ4n) is 3.94. The van der Waals surface area contributed by atoms with Crippen LogP contribution in [0.4, 0.5) is 24.5 Å². The normalized spacial score (nSPS) is 11.2. The number of carbonyl (C=O) groups is 2. The Bertz CT molecular complexity index is 1710. The minimum absolute atomic E-state index is 0.185. The minimum atomic E-state index is -4.68. The third-order valence-corrected chi connectivity index (χ3v) is 6.22. The molecule has 1 heterocycles. The number of aromatic nitrogens is 1. The number of nitrogens with one attached hydrogen (secondary N) is 2. The summed E-state index contributed by atoms with van der Waals surface area (Å²) in [6, 6.07) is 25.1. The fourth-order valence-corrected chi connectivity index (χ4v) is 4.17. The van der Waals surface area contributed by atoms with E-state index >= 15 is 0 Å². The molecule has 1 aromatic heterocycles. The van der Waals surface area contributed by atoms with Crippen LogP contribution in [-0.2, 0) is 6.18 Å². The van der Waals surface area contributed by atoms with Crippen molar-refractivity contribution in [2.45, 2.75) is 6.18 Å². The van der Waals surface area contributed by atoms with Gasteiger partial charge in [-0.05, 0) is 72.8 Å². The van der Waals surface area contributed by atoms with Crippen molar-refractivity contribution in [2.75, 3.05) is 10.6 Å². The van der Waals surface area contributed by atoms with Gasteiger partial charge in [-0.15, -0.1) is 0 Å². The summed E-state index contributed by atoms with van der Waals surface area (Å²) < 4.78 is 45.4. The number of pyridine rings is 1. The Balaban J connectivity index is 1.31. The molecule has 0 bridgehead atoms. The molecule has 0 saturated carbocycles. The van der Waals surface area contributed by atoms with Crippen LogP contribution in [0, 0.1) is 0 Å². The second kappa shape index (κ2) is 11.1. The van der Waals surface area contributed by atoms with E-state index in [1.54, 1.807) is 72.9 Å². The molecule has 2 amide bonds. The largest absolute Gasteiger partial charge is 0.457 e. The number of para-hydroxylation sites is 1. The lowest BCUT2D eigenvalue weighted by molar-refractivity contribution is -0.137. The van der Waals surface area contributed by atoms with Gasteiger partial charge in [-0.1, -0.05) is 35.9 Å². The molecule has 2 N–H and O–H groups in total. The molecule has 4 aromatic carbocycles. The van der Waals surface area contributed by atoms with Gasteiger partial charge in [-0.2, -0.15) is 13.2 Å². The van der Waals surface area contributed by atoms with Crippen molar-refractivity contribution in [2.24, 2.45) is 0 Å². The number of hydrogen-bond acceptors (Lipinski definition) is 4. The average molecular weight is 562 g/mol. The lowest BCUT2D eigenvalue weighted by atomic mass is 10.1. The average Bonchev–Trinajstić information content (AvgIpc) is 2.94. The van der Waals surface area contributed by atoms with E-state index in [9.17, 15) is 22.8 Å². The van der Waals surface area contributed by atoms with E-state index in [0.29, 0.717) is 45.4 Å². The molecule has 40 heavy (non-hydrogen) atoms.